The molecule has 2 aliphatic rings. The third-order valence-electron chi connectivity index (χ3n) is 7.82. The Bertz CT molecular complexity index is 1660. The lowest BCUT2D eigenvalue weighted by molar-refractivity contribution is 0.0952. The number of phenols is 1. The number of hydrogen-bond acceptors (Lipinski definition) is 6. The molecule has 4 aromatic rings. The summed E-state index contributed by atoms with van der Waals surface area (Å²) in [5.41, 5.74) is 5.81. The molecular weight excluding hydrogens is 504 g/mol. The fourth-order valence-electron chi connectivity index (χ4n) is 6.10. The van der Waals surface area contributed by atoms with Gasteiger partial charge in [0.25, 0.3) is 11.5 Å². The summed E-state index contributed by atoms with van der Waals surface area (Å²) in [5, 5.41) is 16.2. The number of benzene rings is 3. The number of nitrogens with zero attached hydrogens (tertiary/aromatic N) is 3. The fourth-order valence-corrected chi connectivity index (χ4v) is 6.10. The molecule has 1 amide bonds. The minimum Gasteiger partial charge on any atom is -0.507 e. The number of carbonyl (C=O) groups excluding carboxylic acids is 1. The lowest BCUT2D eigenvalue weighted by Gasteiger charge is -2.43. The van der Waals surface area contributed by atoms with E-state index in [1.165, 1.54) is 0 Å². The quantitative estimate of drug-likeness (QED) is 0.268. The molecule has 2 unspecified atom stereocenters. The Morgan fingerprint density at radius 1 is 1.05 bits per heavy atom. The van der Waals surface area contributed by atoms with Crippen molar-refractivity contribution >= 4 is 22.9 Å². The lowest BCUT2D eigenvalue weighted by atomic mass is 9.83. The van der Waals surface area contributed by atoms with Gasteiger partial charge in [-0.2, -0.15) is 5.10 Å². The molecule has 0 spiro atoms. The number of fused-ring (bicyclic) bond motifs is 5. The van der Waals surface area contributed by atoms with Gasteiger partial charge in [-0.15, -0.1) is 0 Å². The molecule has 2 bridgehead atoms. The van der Waals surface area contributed by atoms with Crippen molar-refractivity contribution < 1.29 is 14.6 Å². The van der Waals surface area contributed by atoms with Crippen molar-refractivity contribution in [1.29, 1.82) is 0 Å². The van der Waals surface area contributed by atoms with Crippen LogP contribution in [0.25, 0.3) is 10.8 Å². The predicted molar refractivity (Wildman–Crippen MR) is 155 cm³/mol. The second-order valence-corrected chi connectivity index (χ2v) is 10.6. The zero-order valence-electron chi connectivity index (χ0n) is 22.4. The Morgan fingerprint density at radius 3 is 2.70 bits per heavy atom. The van der Waals surface area contributed by atoms with Crippen molar-refractivity contribution in [1.82, 2.24) is 14.9 Å². The summed E-state index contributed by atoms with van der Waals surface area (Å²) in [6, 6.07) is 22.3. The maximum absolute atomic E-state index is 12.7. The summed E-state index contributed by atoms with van der Waals surface area (Å²) in [6.45, 7) is 5.82. The van der Waals surface area contributed by atoms with Crippen molar-refractivity contribution in [3.05, 3.63) is 106 Å². The summed E-state index contributed by atoms with van der Waals surface area (Å²) < 4.78 is 7.88. The van der Waals surface area contributed by atoms with Gasteiger partial charge < -0.3 is 14.4 Å². The van der Waals surface area contributed by atoms with Gasteiger partial charge in [0.05, 0.1) is 18.4 Å². The van der Waals surface area contributed by atoms with E-state index in [4.69, 9.17) is 4.74 Å². The summed E-state index contributed by atoms with van der Waals surface area (Å²) in [4.78, 5) is 27.6. The van der Waals surface area contributed by atoms with Crippen LogP contribution in [0.15, 0.2) is 82.7 Å². The number of piperidine rings is 1. The summed E-state index contributed by atoms with van der Waals surface area (Å²) in [6.07, 6.45) is 2.71. The SMILES string of the molecule is CCOc1ccc(/C=N/NC(=O)c2cc3ccccc3cc2O)cc1CN1CC2CC(C1)c1cccc(=O)n1C2. The molecule has 0 saturated carbocycles. The highest BCUT2D eigenvalue weighted by molar-refractivity contribution is 6.01. The number of amides is 1. The van der Waals surface area contributed by atoms with Crippen LogP contribution in [0.5, 0.6) is 11.5 Å². The average molecular weight is 537 g/mol. The zero-order chi connectivity index (χ0) is 27.6. The van der Waals surface area contributed by atoms with Crippen LogP contribution >= 0.6 is 0 Å². The smallest absolute Gasteiger partial charge is 0.275 e. The normalized spacial score (nSPS) is 18.5. The Hall–Kier alpha value is -4.43. The van der Waals surface area contributed by atoms with Gasteiger partial charge >= 0.3 is 0 Å². The molecule has 1 saturated heterocycles. The molecule has 1 fully saturated rings. The number of rotatable bonds is 7. The van der Waals surface area contributed by atoms with Crippen LogP contribution < -0.4 is 15.7 Å². The van der Waals surface area contributed by atoms with Gasteiger partial charge in [-0.1, -0.05) is 30.3 Å². The minimum atomic E-state index is -0.482. The van der Waals surface area contributed by atoms with Gasteiger partial charge in [0.2, 0.25) is 0 Å². The Balaban J connectivity index is 1.17. The molecule has 204 valence electrons. The number of likely N-dealkylation sites (tertiary alicyclic amines) is 1. The van der Waals surface area contributed by atoms with E-state index in [9.17, 15) is 14.7 Å². The standard InChI is InChI=1S/C32H32N4O4/c1-2-40-30-11-10-21(16-33-34-32(39)27-14-23-6-3-4-7-24(23)15-29(27)37)12-26(30)20-35-17-22-13-25(19-35)28-8-5-9-31(38)36(28)18-22/h3-12,14-16,22,25,37H,2,13,17-20H2,1H3,(H,34,39)/b33-16+. The van der Waals surface area contributed by atoms with E-state index < -0.39 is 5.91 Å². The first kappa shape index (κ1) is 25.8. The van der Waals surface area contributed by atoms with Crippen molar-refractivity contribution in [3.8, 4) is 11.5 Å². The van der Waals surface area contributed by atoms with E-state index in [1.54, 1.807) is 24.4 Å². The molecule has 2 atom stereocenters. The number of nitrogens with one attached hydrogen (secondary N) is 1. The first-order valence-corrected chi connectivity index (χ1v) is 13.7. The van der Waals surface area contributed by atoms with Crippen LogP contribution in [0.1, 0.15) is 46.4 Å². The van der Waals surface area contributed by atoms with Gasteiger partial charge in [-0.3, -0.25) is 14.5 Å². The van der Waals surface area contributed by atoms with Crippen LogP contribution in [-0.4, -0.2) is 46.4 Å². The van der Waals surface area contributed by atoms with Crippen LogP contribution in [-0.2, 0) is 13.1 Å². The molecule has 2 N–H and O–H groups in total. The van der Waals surface area contributed by atoms with E-state index in [2.05, 4.69) is 21.5 Å². The molecule has 0 aliphatic carbocycles. The number of ether oxygens (including phenoxy) is 1. The van der Waals surface area contributed by atoms with Crippen LogP contribution in [0.2, 0.25) is 0 Å². The highest BCUT2D eigenvalue weighted by atomic mass is 16.5. The van der Waals surface area contributed by atoms with Crippen molar-refractivity contribution in [3.63, 3.8) is 0 Å². The number of phenolic OH excluding ortho intramolecular Hbond substituents is 1. The van der Waals surface area contributed by atoms with E-state index in [-0.39, 0.29) is 16.9 Å². The monoisotopic (exact) mass is 536 g/mol. The van der Waals surface area contributed by atoms with Gasteiger partial charge in [-0.25, -0.2) is 5.43 Å². The Kier molecular flexibility index (Phi) is 7.09. The molecular formula is C32H32N4O4. The van der Waals surface area contributed by atoms with Crippen LogP contribution in [0.3, 0.4) is 0 Å². The number of hydrazone groups is 1. The van der Waals surface area contributed by atoms with Gasteiger partial charge in [0.15, 0.2) is 0 Å². The third-order valence-corrected chi connectivity index (χ3v) is 7.82. The van der Waals surface area contributed by atoms with Gasteiger partial charge in [0.1, 0.15) is 11.5 Å². The molecule has 3 aromatic carbocycles. The number of carbonyl (C=O) groups is 1. The minimum absolute atomic E-state index is 0.0893. The lowest BCUT2D eigenvalue weighted by Crippen LogP contribution is -2.46. The molecule has 1 aromatic heterocycles. The van der Waals surface area contributed by atoms with Crippen molar-refractivity contribution in [2.45, 2.75) is 32.4 Å². The first-order chi connectivity index (χ1) is 19.5. The predicted octanol–water partition coefficient (Wildman–Crippen LogP) is 4.49. The number of aromatic nitrogens is 1. The van der Waals surface area contributed by atoms with E-state index in [0.717, 1.165) is 65.9 Å². The maximum atomic E-state index is 12.7. The van der Waals surface area contributed by atoms with Crippen molar-refractivity contribution in [2.75, 3.05) is 19.7 Å². The first-order valence-electron chi connectivity index (χ1n) is 13.7. The van der Waals surface area contributed by atoms with E-state index in [1.807, 2.05) is 60.0 Å². The molecule has 2 aliphatic heterocycles. The largest absolute Gasteiger partial charge is 0.507 e. The number of hydrogen-bond donors (Lipinski definition) is 2. The zero-order valence-corrected chi connectivity index (χ0v) is 22.4. The van der Waals surface area contributed by atoms with Crippen molar-refractivity contribution in [2.24, 2.45) is 11.0 Å². The molecule has 6 rings (SSSR count). The molecule has 40 heavy (non-hydrogen) atoms. The Morgan fingerprint density at radius 2 is 1.88 bits per heavy atom. The number of pyridine rings is 1. The summed E-state index contributed by atoms with van der Waals surface area (Å²) >= 11 is 0. The topological polar surface area (TPSA) is 96.2 Å². The molecule has 8 heteroatoms. The second kappa shape index (κ2) is 11.0. The molecule has 3 heterocycles. The third kappa shape index (κ3) is 5.22. The van der Waals surface area contributed by atoms with E-state index >= 15 is 0 Å². The summed E-state index contributed by atoms with van der Waals surface area (Å²) in [5.74, 6) is 1.03. The highest BCUT2D eigenvalue weighted by Crippen LogP contribution is 2.36. The number of aromatic hydroxyl groups is 1. The highest BCUT2D eigenvalue weighted by Gasteiger charge is 2.34. The molecule has 0 radical (unpaired) electrons. The summed E-state index contributed by atoms with van der Waals surface area (Å²) in [7, 11) is 0. The van der Waals surface area contributed by atoms with Gasteiger partial charge in [-0.05, 0) is 72.0 Å². The fraction of sp³-hybridized carbons (Fsp3) is 0.281. The average Bonchev–Trinajstić information content (AvgIpc) is 2.94. The molecule has 8 nitrogen and oxygen atoms in total. The van der Waals surface area contributed by atoms with Gasteiger partial charge in [0, 0.05) is 49.4 Å². The van der Waals surface area contributed by atoms with Crippen LogP contribution in [0, 0.1) is 5.92 Å². The maximum Gasteiger partial charge on any atom is 0.275 e. The Labute approximate surface area is 232 Å². The van der Waals surface area contributed by atoms with E-state index in [0.29, 0.717) is 18.4 Å². The van der Waals surface area contributed by atoms with Crippen LogP contribution in [0.4, 0.5) is 0 Å². The second-order valence-electron chi connectivity index (χ2n) is 10.6.